The maximum Gasteiger partial charge on any atom is 0.407 e. The van der Waals surface area contributed by atoms with Gasteiger partial charge in [0.15, 0.2) is 6.29 Å². The van der Waals surface area contributed by atoms with Crippen LogP contribution in [0.25, 0.3) is 0 Å². The number of alkyl carbamates (subject to hydrolysis) is 1. The molecule has 0 spiro atoms. The van der Waals surface area contributed by atoms with Crippen LogP contribution in [0.3, 0.4) is 0 Å². The summed E-state index contributed by atoms with van der Waals surface area (Å²) in [5, 5.41) is 2.50. The van der Waals surface area contributed by atoms with Crippen molar-refractivity contribution in [2.45, 2.75) is 26.2 Å². The number of carbonyl (C=O) groups is 1. The molecule has 0 aliphatic rings. The average Bonchev–Trinajstić information content (AvgIpc) is 2.05. The average molecular weight is 191 g/mol. The third kappa shape index (κ3) is 6.36. The Hall–Kier alpha value is -0.810. The minimum Gasteiger partial charge on any atom is -0.447 e. The van der Waals surface area contributed by atoms with Gasteiger partial charge in [-0.15, -0.1) is 0 Å². The molecule has 0 unspecified atom stereocenters. The van der Waals surface area contributed by atoms with E-state index in [4.69, 9.17) is 14.2 Å². The zero-order chi connectivity index (χ0) is 10.3. The summed E-state index contributed by atoms with van der Waals surface area (Å²) in [5.41, 5.74) is 0. The molecule has 0 aromatic heterocycles. The number of amides is 1. The molecule has 1 N–H and O–H groups in total. The monoisotopic (exact) mass is 191 g/mol. The number of hydrogen-bond donors (Lipinski definition) is 1. The Morgan fingerprint density at radius 3 is 2.23 bits per heavy atom. The zero-order valence-corrected chi connectivity index (χ0v) is 8.49. The third-order valence-electron chi connectivity index (χ3n) is 1.28. The Labute approximate surface area is 78.3 Å². The Morgan fingerprint density at radius 1 is 1.31 bits per heavy atom. The van der Waals surface area contributed by atoms with Gasteiger partial charge in [0.25, 0.3) is 0 Å². The van der Waals surface area contributed by atoms with E-state index in [9.17, 15) is 4.79 Å². The molecular formula is C8H17NO4. The second kappa shape index (κ2) is 6.68. The van der Waals surface area contributed by atoms with E-state index >= 15 is 0 Å². The Morgan fingerprint density at radius 2 is 1.85 bits per heavy atom. The van der Waals surface area contributed by atoms with Gasteiger partial charge in [0.05, 0.1) is 12.6 Å². The summed E-state index contributed by atoms with van der Waals surface area (Å²) in [7, 11) is 3.01. The SMILES string of the molecule is COC(CNC(=O)OC(C)C)OC. The van der Waals surface area contributed by atoms with Crippen molar-refractivity contribution in [3.8, 4) is 0 Å². The van der Waals surface area contributed by atoms with Gasteiger partial charge in [-0.3, -0.25) is 0 Å². The highest BCUT2D eigenvalue weighted by molar-refractivity contribution is 5.67. The van der Waals surface area contributed by atoms with Crippen LogP contribution in [-0.2, 0) is 14.2 Å². The first-order valence-corrected chi connectivity index (χ1v) is 4.10. The van der Waals surface area contributed by atoms with Gasteiger partial charge in [-0.25, -0.2) is 4.79 Å². The lowest BCUT2D eigenvalue weighted by Gasteiger charge is -2.14. The molecule has 0 atom stereocenters. The molecule has 0 aromatic carbocycles. The molecule has 0 heterocycles. The summed E-state index contributed by atoms with van der Waals surface area (Å²) >= 11 is 0. The molecule has 5 heteroatoms. The second-order valence-electron chi connectivity index (χ2n) is 2.74. The van der Waals surface area contributed by atoms with Crippen molar-refractivity contribution in [3.63, 3.8) is 0 Å². The van der Waals surface area contributed by atoms with E-state index in [1.807, 2.05) is 0 Å². The number of hydrogen-bond acceptors (Lipinski definition) is 4. The number of ether oxygens (including phenoxy) is 3. The first-order chi connectivity index (χ1) is 6.10. The minimum absolute atomic E-state index is 0.122. The number of nitrogens with one attached hydrogen (secondary N) is 1. The summed E-state index contributed by atoms with van der Waals surface area (Å²) in [5.74, 6) is 0. The summed E-state index contributed by atoms with van der Waals surface area (Å²) in [6.07, 6.45) is -1.02. The van der Waals surface area contributed by atoms with Crippen LogP contribution in [0.4, 0.5) is 4.79 Å². The Bertz CT molecular complexity index is 145. The van der Waals surface area contributed by atoms with Crippen LogP contribution in [0.15, 0.2) is 0 Å². The molecule has 1 amide bonds. The molecule has 13 heavy (non-hydrogen) atoms. The summed E-state index contributed by atoms with van der Waals surface area (Å²) in [6, 6.07) is 0. The highest BCUT2D eigenvalue weighted by Crippen LogP contribution is 1.91. The van der Waals surface area contributed by atoms with E-state index < -0.39 is 12.4 Å². The van der Waals surface area contributed by atoms with Crippen molar-refractivity contribution in [1.82, 2.24) is 5.32 Å². The maximum atomic E-state index is 10.9. The van der Waals surface area contributed by atoms with Crippen LogP contribution in [0.5, 0.6) is 0 Å². The molecule has 78 valence electrons. The molecule has 0 saturated carbocycles. The van der Waals surface area contributed by atoms with Crippen molar-refractivity contribution >= 4 is 6.09 Å². The van der Waals surface area contributed by atoms with Crippen molar-refractivity contribution in [3.05, 3.63) is 0 Å². The predicted molar refractivity (Wildman–Crippen MR) is 47.4 cm³/mol. The Kier molecular flexibility index (Phi) is 6.26. The highest BCUT2D eigenvalue weighted by atomic mass is 16.7. The van der Waals surface area contributed by atoms with Crippen LogP contribution >= 0.6 is 0 Å². The highest BCUT2D eigenvalue weighted by Gasteiger charge is 2.09. The fraction of sp³-hybridized carbons (Fsp3) is 0.875. The molecule has 0 fully saturated rings. The van der Waals surface area contributed by atoms with Crippen LogP contribution in [0.1, 0.15) is 13.8 Å². The van der Waals surface area contributed by atoms with Gasteiger partial charge in [0, 0.05) is 14.2 Å². The van der Waals surface area contributed by atoms with E-state index in [2.05, 4.69) is 5.32 Å². The fourth-order valence-corrected chi connectivity index (χ4v) is 0.685. The second-order valence-corrected chi connectivity index (χ2v) is 2.74. The van der Waals surface area contributed by atoms with Crippen molar-refractivity contribution in [2.24, 2.45) is 0 Å². The summed E-state index contributed by atoms with van der Waals surface area (Å²) in [4.78, 5) is 10.9. The zero-order valence-electron chi connectivity index (χ0n) is 8.49. The first kappa shape index (κ1) is 12.2. The normalized spacial score (nSPS) is 10.6. The van der Waals surface area contributed by atoms with Gasteiger partial charge < -0.3 is 19.5 Å². The van der Waals surface area contributed by atoms with Crippen LogP contribution in [0.2, 0.25) is 0 Å². The molecule has 0 aliphatic heterocycles. The molecule has 0 rings (SSSR count). The lowest BCUT2D eigenvalue weighted by molar-refractivity contribution is -0.0982. The smallest absolute Gasteiger partial charge is 0.407 e. The topological polar surface area (TPSA) is 56.8 Å². The van der Waals surface area contributed by atoms with Gasteiger partial charge in [-0.1, -0.05) is 0 Å². The van der Waals surface area contributed by atoms with Gasteiger partial charge in [-0.05, 0) is 13.8 Å². The van der Waals surface area contributed by atoms with Gasteiger partial charge in [-0.2, -0.15) is 0 Å². The summed E-state index contributed by atoms with van der Waals surface area (Å²) in [6.45, 7) is 3.84. The Balaban J connectivity index is 3.56. The molecule has 0 saturated heterocycles. The number of methoxy groups -OCH3 is 2. The lowest BCUT2D eigenvalue weighted by Crippen LogP contribution is -2.35. The van der Waals surface area contributed by atoms with E-state index in [0.29, 0.717) is 0 Å². The maximum absolute atomic E-state index is 10.9. The van der Waals surface area contributed by atoms with Gasteiger partial charge >= 0.3 is 6.09 Å². The molecule has 0 bridgehead atoms. The molecule has 0 radical (unpaired) electrons. The predicted octanol–water partition coefficient (Wildman–Crippen LogP) is 0.740. The molecule has 0 aromatic rings. The molecule has 5 nitrogen and oxygen atoms in total. The van der Waals surface area contributed by atoms with Crippen LogP contribution in [-0.4, -0.2) is 39.3 Å². The standard InChI is InChI=1S/C8H17NO4/c1-6(2)13-8(10)9-5-7(11-3)12-4/h6-7H,5H2,1-4H3,(H,9,10). The third-order valence-corrected chi connectivity index (χ3v) is 1.28. The number of carbonyl (C=O) groups excluding carboxylic acids is 1. The largest absolute Gasteiger partial charge is 0.447 e. The lowest BCUT2D eigenvalue weighted by atomic mass is 10.5. The van der Waals surface area contributed by atoms with Crippen molar-refractivity contribution in [2.75, 3.05) is 20.8 Å². The van der Waals surface area contributed by atoms with Gasteiger partial charge in [0.2, 0.25) is 0 Å². The van der Waals surface area contributed by atoms with E-state index in [0.717, 1.165) is 0 Å². The first-order valence-electron chi connectivity index (χ1n) is 4.10. The fourth-order valence-electron chi connectivity index (χ4n) is 0.685. The van der Waals surface area contributed by atoms with E-state index in [1.54, 1.807) is 13.8 Å². The van der Waals surface area contributed by atoms with Crippen LogP contribution < -0.4 is 5.32 Å². The number of rotatable bonds is 5. The van der Waals surface area contributed by atoms with Crippen molar-refractivity contribution < 1.29 is 19.0 Å². The minimum atomic E-state index is -0.464. The van der Waals surface area contributed by atoms with E-state index in [1.165, 1.54) is 14.2 Å². The summed E-state index contributed by atoms with van der Waals surface area (Å²) < 4.78 is 14.6. The van der Waals surface area contributed by atoms with Crippen molar-refractivity contribution in [1.29, 1.82) is 0 Å². The van der Waals surface area contributed by atoms with E-state index in [-0.39, 0.29) is 12.6 Å². The molecule has 0 aliphatic carbocycles. The molecular weight excluding hydrogens is 174 g/mol. The van der Waals surface area contributed by atoms with Gasteiger partial charge in [0.1, 0.15) is 0 Å². The quantitative estimate of drug-likeness (QED) is 0.651. The van der Waals surface area contributed by atoms with Crippen LogP contribution in [0, 0.1) is 0 Å².